The third kappa shape index (κ3) is 5.02. The second-order valence-electron chi connectivity index (χ2n) is 6.11. The van der Waals surface area contributed by atoms with Gasteiger partial charge in [-0.3, -0.25) is 9.59 Å². The smallest absolute Gasteiger partial charge is 0.240 e. The Labute approximate surface area is 148 Å². The summed E-state index contributed by atoms with van der Waals surface area (Å²) in [6, 6.07) is 5.99. The third-order valence-corrected chi connectivity index (χ3v) is 5.69. The number of hydrogen-bond acceptors (Lipinski definition) is 4. The van der Waals surface area contributed by atoms with E-state index in [1.54, 1.807) is 24.0 Å². The predicted octanol–water partition coefficient (Wildman–Crippen LogP) is 1.57. The summed E-state index contributed by atoms with van der Waals surface area (Å²) in [4.78, 5) is 26.2. The Kier molecular flexibility index (Phi) is 6.55. The molecular weight excluding hydrogens is 342 g/mol. The molecule has 1 heterocycles. The maximum Gasteiger partial charge on any atom is 0.240 e. The number of anilines is 1. The molecule has 25 heavy (non-hydrogen) atoms. The average molecular weight is 367 g/mol. The number of benzene rings is 1. The van der Waals surface area contributed by atoms with Gasteiger partial charge in [-0.1, -0.05) is 20.3 Å². The Morgan fingerprint density at radius 2 is 1.92 bits per heavy atom. The van der Waals surface area contributed by atoms with Crippen LogP contribution in [0.4, 0.5) is 5.69 Å². The quantitative estimate of drug-likeness (QED) is 0.729. The number of rotatable bonds is 8. The van der Waals surface area contributed by atoms with Gasteiger partial charge in [0, 0.05) is 31.7 Å². The summed E-state index contributed by atoms with van der Waals surface area (Å²) >= 11 is 0. The van der Waals surface area contributed by atoms with Gasteiger partial charge >= 0.3 is 0 Å². The van der Waals surface area contributed by atoms with Crippen LogP contribution in [0.25, 0.3) is 0 Å². The number of nitrogens with one attached hydrogen (secondary N) is 2. The normalized spacial score (nSPS) is 17.8. The fraction of sp³-hybridized carbons (Fsp3) is 0.529. The number of unbranched alkanes of at least 4 members (excludes halogenated alkanes) is 1. The van der Waals surface area contributed by atoms with Crippen LogP contribution < -0.4 is 10.0 Å². The first-order valence-corrected chi connectivity index (χ1v) is 10.0. The van der Waals surface area contributed by atoms with Gasteiger partial charge in [0.1, 0.15) is 0 Å². The minimum atomic E-state index is -3.51. The molecule has 1 atom stereocenters. The summed E-state index contributed by atoms with van der Waals surface area (Å²) in [5.41, 5.74) is 0.514. The molecule has 1 aromatic carbocycles. The van der Waals surface area contributed by atoms with Crippen LogP contribution in [0.2, 0.25) is 0 Å². The highest BCUT2D eigenvalue weighted by molar-refractivity contribution is 7.89. The van der Waals surface area contributed by atoms with Gasteiger partial charge in [-0.15, -0.1) is 0 Å². The largest absolute Gasteiger partial charge is 0.342 e. The van der Waals surface area contributed by atoms with Crippen LogP contribution in [-0.4, -0.2) is 44.8 Å². The van der Waals surface area contributed by atoms with E-state index in [1.165, 1.54) is 12.1 Å². The van der Waals surface area contributed by atoms with Crippen LogP contribution in [0.1, 0.15) is 33.1 Å². The van der Waals surface area contributed by atoms with Crippen molar-refractivity contribution in [2.75, 3.05) is 25.0 Å². The van der Waals surface area contributed by atoms with Crippen LogP contribution in [0.5, 0.6) is 0 Å². The van der Waals surface area contributed by atoms with Crippen LogP contribution in [0.3, 0.4) is 0 Å². The van der Waals surface area contributed by atoms with Crippen molar-refractivity contribution in [2.45, 2.75) is 38.0 Å². The van der Waals surface area contributed by atoms with Crippen LogP contribution in [0.15, 0.2) is 29.2 Å². The van der Waals surface area contributed by atoms with Gasteiger partial charge in [0.15, 0.2) is 0 Å². The molecular formula is C17H25N3O4S. The third-order valence-electron chi connectivity index (χ3n) is 4.13. The molecule has 1 fully saturated rings. The minimum Gasteiger partial charge on any atom is -0.342 e. The number of sulfonamides is 1. The van der Waals surface area contributed by atoms with E-state index in [1.807, 2.05) is 0 Å². The van der Waals surface area contributed by atoms with E-state index in [2.05, 4.69) is 17.0 Å². The summed E-state index contributed by atoms with van der Waals surface area (Å²) < 4.78 is 26.2. The van der Waals surface area contributed by atoms with Gasteiger partial charge in [0.05, 0.1) is 10.8 Å². The maximum absolute atomic E-state index is 12.3. The van der Waals surface area contributed by atoms with Crippen LogP contribution >= 0.6 is 0 Å². The lowest BCUT2D eigenvalue weighted by atomic mass is 10.1. The van der Waals surface area contributed by atoms with E-state index >= 15 is 0 Å². The van der Waals surface area contributed by atoms with Crippen molar-refractivity contribution < 1.29 is 18.0 Å². The molecule has 2 amide bonds. The van der Waals surface area contributed by atoms with Crippen molar-refractivity contribution in [2.24, 2.45) is 5.92 Å². The van der Waals surface area contributed by atoms with Gasteiger partial charge in [0.2, 0.25) is 21.8 Å². The number of carbonyl (C=O) groups is 2. The summed E-state index contributed by atoms with van der Waals surface area (Å²) in [6.07, 6.45) is 2.16. The molecule has 138 valence electrons. The van der Waals surface area contributed by atoms with Crippen molar-refractivity contribution in [1.82, 2.24) is 9.62 Å². The average Bonchev–Trinajstić information content (AvgIpc) is 2.94. The molecule has 2 rings (SSSR count). The van der Waals surface area contributed by atoms with Crippen LogP contribution in [0, 0.1) is 5.92 Å². The molecule has 1 aromatic rings. The van der Waals surface area contributed by atoms with Crippen molar-refractivity contribution in [3.8, 4) is 0 Å². The van der Waals surface area contributed by atoms with Gasteiger partial charge < -0.3 is 10.2 Å². The van der Waals surface area contributed by atoms with Crippen molar-refractivity contribution in [3.05, 3.63) is 24.3 Å². The Balaban J connectivity index is 1.96. The van der Waals surface area contributed by atoms with Gasteiger partial charge in [0.25, 0.3) is 0 Å². The molecule has 0 aromatic heterocycles. The SMILES string of the molecule is CCCCN1C[C@@H](C(=O)Nc2ccc(S(=O)(=O)NCC)cc2)CC1=O. The Morgan fingerprint density at radius 1 is 1.24 bits per heavy atom. The monoisotopic (exact) mass is 367 g/mol. The molecule has 7 nitrogen and oxygen atoms in total. The minimum absolute atomic E-state index is 0.0145. The standard InChI is InChI=1S/C17H25N3O4S/c1-3-5-10-20-12-13(11-16(20)21)17(22)19-14-6-8-15(9-7-14)25(23,24)18-4-2/h6-9,13,18H,3-5,10-12H2,1-2H3,(H,19,22)/t13-/m0/s1. The first kappa shape index (κ1) is 19.4. The Morgan fingerprint density at radius 3 is 2.52 bits per heavy atom. The van der Waals surface area contributed by atoms with Gasteiger partial charge in [-0.25, -0.2) is 13.1 Å². The number of nitrogens with zero attached hydrogens (tertiary/aromatic N) is 1. The lowest BCUT2D eigenvalue weighted by molar-refractivity contribution is -0.128. The fourth-order valence-corrected chi connectivity index (χ4v) is 3.79. The first-order chi connectivity index (χ1) is 11.9. The van der Waals surface area contributed by atoms with Crippen molar-refractivity contribution in [1.29, 1.82) is 0 Å². The van der Waals surface area contributed by atoms with E-state index < -0.39 is 10.0 Å². The van der Waals surface area contributed by atoms with E-state index in [4.69, 9.17) is 0 Å². The number of hydrogen-bond donors (Lipinski definition) is 2. The lowest BCUT2D eigenvalue weighted by Crippen LogP contribution is -2.29. The van der Waals surface area contributed by atoms with Gasteiger partial charge in [-0.05, 0) is 30.7 Å². The zero-order chi connectivity index (χ0) is 18.4. The Bertz CT molecular complexity index is 716. The molecule has 2 N–H and O–H groups in total. The summed E-state index contributed by atoms with van der Waals surface area (Å²) in [5.74, 6) is -0.565. The van der Waals surface area contributed by atoms with E-state index in [0.29, 0.717) is 25.3 Å². The molecule has 0 bridgehead atoms. The predicted molar refractivity (Wildman–Crippen MR) is 95.5 cm³/mol. The second kappa shape index (κ2) is 8.44. The molecule has 1 aliphatic heterocycles. The number of amides is 2. The topological polar surface area (TPSA) is 95.6 Å². The first-order valence-electron chi connectivity index (χ1n) is 8.55. The zero-order valence-corrected chi connectivity index (χ0v) is 15.4. The fourth-order valence-electron chi connectivity index (χ4n) is 2.75. The number of carbonyl (C=O) groups excluding carboxylic acids is 2. The summed E-state index contributed by atoms with van der Waals surface area (Å²) in [6.45, 7) is 5.21. The molecule has 1 aliphatic rings. The van der Waals surface area contributed by atoms with Crippen LogP contribution in [-0.2, 0) is 19.6 Å². The van der Waals surface area contributed by atoms with E-state index in [9.17, 15) is 18.0 Å². The van der Waals surface area contributed by atoms with E-state index in [0.717, 1.165) is 12.8 Å². The number of likely N-dealkylation sites (tertiary alicyclic amines) is 1. The molecule has 0 aliphatic carbocycles. The highest BCUT2D eigenvalue weighted by Crippen LogP contribution is 2.21. The molecule has 0 unspecified atom stereocenters. The Hall–Kier alpha value is -1.93. The molecule has 0 spiro atoms. The molecule has 8 heteroatoms. The summed E-state index contributed by atoms with van der Waals surface area (Å²) in [5, 5.41) is 2.76. The second-order valence-corrected chi connectivity index (χ2v) is 7.88. The maximum atomic E-state index is 12.3. The summed E-state index contributed by atoms with van der Waals surface area (Å²) in [7, 11) is -3.51. The molecule has 0 saturated carbocycles. The van der Waals surface area contributed by atoms with E-state index in [-0.39, 0.29) is 29.0 Å². The molecule has 1 saturated heterocycles. The molecule has 0 radical (unpaired) electrons. The van der Waals surface area contributed by atoms with Crippen molar-refractivity contribution in [3.63, 3.8) is 0 Å². The highest BCUT2D eigenvalue weighted by Gasteiger charge is 2.33. The highest BCUT2D eigenvalue weighted by atomic mass is 32.2. The van der Waals surface area contributed by atoms with Gasteiger partial charge in [-0.2, -0.15) is 0 Å². The lowest BCUT2D eigenvalue weighted by Gasteiger charge is -2.16. The van der Waals surface area contributed by atoms with Crippen molar-refractivity contribution >= 4 is 27.5 Å². The zero-order valence-electron chi connectivity index (χ0n) is 14.6.